The predicted molar refractivity (Wildman–Crippen MR) is 76.3 cm³/mol. The number of hydrogen-bond acceptors (Lipinski definition) is 3. The van der Waals surface area contributed by atoms with Gasteiger partial charge in [0.25, 0.3) is 0 Å². The van der Waals surface area contributed by atoms with Crippen molar-refractivity contribution in [3.63, 3.8) is 0 Å². The molecular weight excluding hydrogens is 238 g/mol. The number of carbonyl (C=O) groups is 1. The van der Waals surface area contributed by atoms with Gasteiger partial charge in [-0.1, -0.05) is 18.6 Å². The number of aromatic hydroxyl groups is 1. The van der Waals surface area contributed by atoms with Crippen LogP contribution in [0.25, 0.3) is 0 Å². The van der Waals surface area contributed by atoms with E-state index in [-0.39, 0.29) is 11.5 Å². The van der Waals surface area contributed by atoms with Crippen LogP contribution in [0.15, 0.2) is 24.3 Å². The zero-order valence-electron chi connectivity index (χ0n) is 11.9. The molecule has 0 saturated carbocycles. The SMILES string of the molecule is CC(C)(C(=O)Cc1ccc(O)cc1)N1CCCCC1. The van der Waals surface area contributed by atoms with Crippen molar-refractivity contribution < 1.29 is 9.90 Å². The second-order valence-corrected chi connectivity index (χ2v) is 5.87. The van der Waals surface area contributed by atoms with Crippen LogP contribution in [0, 0.1) is 0 Å². The highest BCUT2D eigenvalue weighted by atomic mass is 16.3. The number of benzene rings is 1. The monoisotopic (exact) mass is 261 g/mol. The maximum Gasteiger partial charge on any atom is 0.156 e. The normalized spacial score (nSPS) is 17.4. The van der Waals surface area contributed by atoms with Gasteiger partial charge in [-0.25, -0.2) is 0 Å². The van der Waals surface area contributed by atoms with Crippen molar-refractivity contribution in [3.05, 3.63) is 29.8 Å². The molecule has 0 atom stereocenters. The summed E-state index contributed by atoms with van der Waals surface area (Å²) >= 11 is 0. The summed E-state index contributed by atoms with van der Waals surface area (Å²) in [4.78, 5) is 14.8. The molecule has 0 unspecified atom stereocenters. The van der Waals surface area contributed by atoms with E-state index in [4.69, 9.17) is 0 Å². The van der Waals surface area contributed by atoms with Crippen molar-refractivity contribution in [1.82, 2.24) is 4.90 Å². The fraction of sp³-hybridized carbons (Fsp3) is 0.562. The van der Waals surface area contributed by atoms with Gasteiger partial charge < -0.3 is 5.11 Å². The zero-order chi connectivity index (χ0) is 13.9. The van der Waals surface area contributed by atoms with Crippen LogP contribution in [-0.4, -0.2) is 34.4 Å². The van der Waals surface area contributed by atoms with E-state index in [9.17, 15) is 9.90 Å². The third-order valence-electron chi connectivity index (χ3n) is 4.13. The lowest BCUT2D eigenvalue weighted by Gasteiger charge is -2.39. The van der Waals surface area contributed by atoms with Crippen molar-refractivity contribution >= 4 is 5.78 Å². The van der Waals surface area contributed by atoms with Crippen LogP contribution < -0.4 is 0 Å². The first kappa shape index (κ1) is 14.1. The Hall–Kier alpha value is -1.35. The Bertz CT molecular complexity index is 431. The molecule has 0 aromatic heterocycles. The molecule has 0 radical (unpaired) electrons. The van der Waals surface area contributed by atoms with Crippen molar-refractivity contribution in [2.75, 3.05) is 13.1 Å². The molecule has 1 aromatic carbocycles. The molecule has 1 saturated heterocycles. The number of nitrogens with zero attached hydrogens (tertiary/aromatic N) is 1. The second kappa shape index (κ2) is 5.74. The second-order valence-electron chi connectivity index (χ2n) is 5.87. The Morgan fingerprint density at radius 1 is 1.16 bits per heavy atom. The van der Waals surface area contributed by atoms with Gasteiger partial charge >= 0.3 is 0 Å². The molecule has 1 heterocycles. The number of phenols is 1. The first-order chi connectivity index (χ1) is 9.00. The lowest BCUT2D eigenvalue weighted by Crippen LogP contribution is -2.52. The van der Waals surface area contributed by atoms with Crippen LogP contribution in [0.5, 0.6) is 5.75 Å². The van der Waals surface area contributed by atoms with E-state index >= 15 is 0 Å². The van der Waals surface area contributed by atoms with Crippen molar-refractivity contribution in [2.45, 2.75) is 45.1 Å². The molecule has 0 spiro atoms. The van der Waals surface area contributed by atoms with Gasteiger partial charge in [0.2, 0.25) is 0 Å². The zero-order valence-corrected chi connectivity index (χ0v) is 11.9. The maximum atomic E-state index is 12.5. The fourth-order valence-corrected chi connectivity index (χ4v) is 2.64. The minimum atomic E-state index is -0.391. The van der Waals surface area contributed by atoms with Crippen LogP contribution in [0.2, 0.25) is 0 Å². The van der Waals surface area contributed by atoms with E-state index in [1.54, 1.807) is 12.1 Å². The minimum Gasteiger partial charge on any atom is -0.508 e. The lowest BCUT2D eigenvalue weighted by atomic mass is 9.90. The molecule has 1 aliphatic rings. The molecule has 3 heteroatoms. The summed E-state index contributed by atoms with van der Waals surface area (Å²) in [5, 5.41) is 9.26. The molecule has 3 nitrogen and oxygen atoms in total. The van der Waals surface area contributed by atoms with E-state index in [1.165, 1.54) is 19.3 Å². The Morgan fingerprint density at radius 2 is 1.74 bits per heavy atom. The fourth-order valence-electron chi connectivity index (χ4n) is 2.64. The Balaban J connectivity index is 2.03. The number of rotatable bonds is 4. The molecule has 1 N–H and O–H groups in total. The molecule has 2 rings (SSSR count). The van der Waals surface area contributed by atoms with Gasteiger partial charge in [0, 0.05) is 6.42 Å². The maximum absolute atomic E-state index is 12.5. The summed E-state index contributed by atoms with van der Waals surface area (Å²) in [6.07, 6.45) is 4.09. The molecule has 104 valence electrons. The number of piperidine rings is 1. The number of hydrogen-bond donors (Lipinski definition) is 1. The summed E-state index contributed by atoms with van der Waals surface area (Å²) in [6, 6.07) is 6.91. The van der Waals surface area contributed by atoms with Crippen LogP contribution in [0.3, 0.4) is 0 Å². The third kappa shape index (κ3) is 3.35. The summed E-state index contributed by atoms with van der Waals surface area (Å²) in [7, 11) is 0. The van der Waals surface area contributed by atoms with Crippen LogP contribution in [0.1, 0.15) is 38.7 Å². The van der Waals surface area contributed by atoms with Gasteiger partial charge in [-0.3, -0.25) is 9.69 Å². The first-order valence-electron chi connectivity index (χ1n) is 7.06. The van der Waals surface area contributed by atoms with Crippen molar-refractivity contribution in [3.8, 4) is 5.75 Å². The summed E-state index contributed by atoms with van der Waals surface area (Å²) in [5.41, 5.74) is 0.575. The number of Topliss-reactive ketones (excluding diaryl/α,β-unsaturated/α-hetero) is 1. The molecule has 19 heavy (non-hydrogen) atoms. The number of ketones is 1. The van der Waals surface area contributed by atoms with Gasteiger partial charge in [-0.2, -0.15) is 0 Å². The van der Waals surface area contributed by atoms with Crippen molar-refractivity contribution in [1.29, 1.82) is 0 Å². The first-order valence-corrected chi connectivity index (χ1v) is 7.06. The van der Waals surface area contributed by atoms with E-state index in [0.29, 0.717) is 6.42 Å². The standard InChI is InChI=1S/C16H23NO2/c1-16(2,17-10-4-3-5-11-17)15(19)12-13-6-8-14(18)9-7-13/h6-9,18H,3-5,10-12H2,1-2H3. The number of likely N-dealkylation sites (tertiary alicyclic amines) is 1. The average molecular weight is 261 g/mol. The van der Waals surface area contributed by atoms with Gasteiger partial charge in [-0.05, 0) is 57.5 Å². The van der Waals surface area contributed by atoms with Gasteiger partial charge in [0.1, 0.15) is 5.75 Å². The smallest absolute Gasteiger partial charge is 0.156 e. The van der Waals surface area contributed by atoms with E-state index in [2.05, 4.69) is 4.90 Å². The number of phenolic OH excluding ortho intramolecular Hbond substituents is 1. The topological polar surface area (TPSA) is 40.5 Å². The van der Waals surface area contributed by atoms with E-state index in [1.807, 2.05) is 26.0 Å². The Morgan fingerprint density at radius 3 is 2.32 bits per heavy atom. The highest BCUT2D eigenvalue weighted by molar-refractivity contribution is 5.89. The van der Waals surface area contributed by atoms with E-state index in [0.717, 1.165) is 18.7 Å². The average Bonchev–Trinajstić information content (AvgIpc) is 2.42. The largest absolute Gasteiger partial charge is 0.508 e. The van der Waals surface area contributed by atoms with Gasteiger partial charge in [0.05, 0.1) is 5.54 Å². The van der Waals surface area contributed by atoms with Crippen LogP contribution in [-0.2, 0) is 11.2 Å². The van der Waals surface area contributed by atoms with Crippen molar-refractivity contribution in [2.24, 2.45) is 0 Å². The molecular formula is C16H23NO2. The quantitative estimate of drug-likeness (QED) is 0.906. The van der Waals surface area contributed by atoms with Gasteiger partial charge in [0.15, 0.2) is 5.78 Å². The van der Waals surface area contributed by atoms with Gasteiger partial charge in [-0.15, -0.1) is 0 Å². The molecule has 0 bridgehead atoms. The minimum absolute atomic E-state index is 0.242. The summed E-state index contributed by atoms with van der Waals surface area (Å²) in [5.74, 6) is 0.492. The molecule has 0 aliphatic carbocycles. The predicted octanol–water partition coefficient (Wildman–Crippen LogP) is 2.77. The lowest BCUT2D eigenvalue weighted by molar-refractivity contribution is -0.129. The van der Waals surface area contributed by atoms with E-state index < -0.39 is 5.54 Å². The Kier molecular flexibility index (Phi) is 4.25. The molecule has 0 amide bonds. The molecule has 1 fully saturated rings. The van der Waals surface area contributed by atoms with Crippen LogP contribution in [0.4, 0.5) is 0 Å². The third-order valence-corrected chi connectivity index (χ3v) is 4.13. The summed E-state index contributed by atoms with van der Waals surface area (Å²) < 4.78 is 0. The summed E-state index contributed by atoms with van der Waals surface area (Å²) in [6.45, 7) is 6.10. The van der Waals surface area contributed by atoms with Crippen LogP contribution >= 0.6 is 0 Å². The highest BCUT2D eigenvalue weighted by Crippen LogP contribution is 2.23. The number of carbonyl (C=O) groups excluding carboxylic acids is 1. The highest BCUT2D eigenvalue weighted by Gasteiger charge is 2.34. The molecule has 1 aliphatic heterocycles. The molecule has 1 aromatic rings. The Labute approximate surface area is 115 Å².